The summed E-state index contributed by atoms with van der Waals surface area (Å²) in [5.74, 6) is 2.24. The van der Waals surface area contributed by atoms with Gasteiger partial charge in [0.1, 0.15) is 5.75 Å². The number of benzene rings is 1. The molecule has 5 aliphatic carbocycles. The highest BCUT2D eigenvalue weighted by atomic mass is 17.3. The first kappa shape index (κ1) is 21.1. The van der Waals surface area contributed by atoms with Crippen molar-refractivity contribution in [2.45, 2.75) is 96.1 Å². The van der Waals surface area contributed by atoms with E-state index in [4.69, 9.17) is 19.2 Å². The van der Waals surface area contributed by atoms with E-state index in [1.807, 2.05) is 39.0 Å². The highest BCUT2D eigenvalue weighted by Crippen LogP contribution is 2.64. The van der Waals surface area contributed by atoms with Crippen molar-refractivity contribution in [3.63, 3.8) is 0 Å². The number of carbonyl (C=O) groups excluding carboxylic acids is 1. The molecule has 174 valence electrons. The van der Waals surface area contributed by atoms with Crippen LogP contribution in [-0.2, 0) is 19.3 Å². The van der Waals surface area contributed by atoms with Gasteiger partial charge in [-0.15, -0.1) is 0 Å². The second-order valence-electron chi connectivity index (χ2n) is 12.2. The Labute approximate surface area is 191 Å². The van der Waals surface area contributed by atoms with Crippen molar-refractivity contribution < 1.29 is 24.0 Å². The van der Waals surface area contributed by atoms with Gasteiger partial charge in [-0.2, -0.15) is 9.78 Å². The van der Waals surface area contributed by atoms with E-state index in [2.05, 4.69) is 6.07 Å². The Morgan fingerprint density at radius 2 is 1.75 bits per heavy atom. The molecule has 0 unspecified atom stereocenters. The standard InChI is InChI=1S/C27H36O5/c1-25(2,3)24(28)29-23-8-4-6-19(15-23)20-7-5-9-26(16-20)30-27(32-31-26)21-11-17-10-18(13-21)14-22(27)12-17/h4,6,8,15,17-18,20-22H,5,7,9-14,16H2,1-3H3/t17?,18?,20-,21?,22?,26-,27?/m1/s1. The number of carbonyl (C=O) groups is 1. The molecule has 2 atom stereocenters. The molecular formula is C27H36O5. The first-order valence-corrected chi connectivity index (χ1v) is 12.6. The van der Waals surface area contributed by atoms with Gasteiger partial charge in [-0.1, -0.05) is 12.1 Å². The van der Waals surface area contributed by atoms with E-state index in [9.17, 15) is 4.79 Å². The lowest BCUT2D eigenvalue weighted by molar-refractivity contribution is -0.390. The Morgan fingerprint density at radius 1 is 1.03 bits per heavy atom. The van der Waals surface area contributed by atoms with E-state index in [-0.39, 0.29) is 5.97 Å². The lowest BCUT2D eigenvalue weighted by atomic mass is 9.53. The Kier molecular flexibility index (Phi) is 4.81. The van der Waals surface area contributed by atoms with Crippen LogP contribution < -0.4 is 4.74 Å². The van der Waals surface area contributed by atoms with Gasteiger partial charge >= 0.3 is 5.97 Å². The van der Waals surface area contributed by atoms with Crippen molar-refractivity contribution in [2.24, 2.45) is 29.1 Å². The number of hydrogen-bond acceptors (Lipinski definition) is 5. The summed E-state index contributed by atoms with van der Waals surface area (Å²) in [7, 11) is 0. The summed E-state index contributed by atoms with van der Waals surface area (Å²) in [5.41, 5.74) is 0.655. The minimum atomic E-state index is -0.642. The van der Waals surface area contributed by atoms with Crippen molar-refractivity contribution in [3.8, 4) is 5.75 Å². The summed E-state index contributed by atoms with van der Waals surface area (Å²) in [6.45, 7) is 5.62. The fourth-order valence-electron chi connectivity index (χ4n) is 7.35. The first-order valence-electron chi connectivity index (χ1n) is 12.6. The van der Waals surface area contributed by atoms with Crippen LogP contribution >= 0.6 is 0 Å². The van der Waals surface area contributed by atoms with Crippen molar-refractivity contribution in [2.75, 3.05) is 0 Å². The number of esters is 1. The molecule has 2 spiro atoms. The molecular weight excluding hydrogens is 404 g/mol. The zero-order valence-corrected chi connectivity index (χ0v) is 19.6. The third kappa shape index (κ3) is 3.43. The van der Waals surface area contributed by atoms with E-state index in [1.54, 1.807) is 0 Å². The zero-order valence-electron chi connectivity index (χ0n) is 19.6. The van der Waals surface area contributed by atoms with Crippen molar-refractivity contribution in [3.05, 3.63) is 29.8 Å². The molecule has 4 bridgehead atoms. The third-order valence-corrected chi connectivity index (χ3v) is 8.77. The minimum Gasteiger partial charge on any atom is -0.426 e. The molecule has 6 aliphatic rings. The van der Waals surface area contributed by atoms with Crippen LogP contribution in [0, 0.1) is 29.1 Å². The van der Waals surface area contributed by atoms with Crippen LogP contribution in [0.3, 0.4) is 0 Å². The summed E-state index contributed by atoms with van der Waals surface area (Å²) in [5, 5.41) is 0. The monoisotopic (exact) mass is 440 g/mol. The second kappa shape index (κ2) is 7.28. The van der Waals surface area contributed by atoms with Gasteiger partial charge in [-0.05, 0) is 101 Å². The molecule has 0 aromatic heterocycles. The van der Waals surface area contributed by atoms with Gasteiger partial charge in [0.05, 0.1) is 5.41 Å². The molecule has 1 saturated heterocycles. The highest BCUT2D eigenvalue weighted by molar-refractivity contribution is 5.77. The molecule has 5 nitrogen and oxygen atoms in total. The normalized spacial score (nSPS) is 42.7. The smallest absolute Gasteiger partial charge is 0.316 e. The molecule has 0 amide bonds. The average molecular weight is 441 g/mol. The summed E-state index contributed by atoms with van der Waals surface area (Å²) >= 11 is 0. The van der Waals surface area contributed by atoms with Gasteiger partial charge in [-0.25, -0.2) is 0 Å². The Balaban J connectivity index is 1.19. The van der Waals surface area contributed by atoms with Gasteiger partial charge < -0.3 is 9.47 Å². The Morgan fingerprint density at radius 3 is 2.44 bits per heavy atom. The largest absolute Gasteiger partial charge is 0.426 e. The minimum absolute atomic E-state index is 0.213. The second-order valence-corrected chi connectivity index (χ2v) is 12.2. The summed E-state index contributed by atoms with van der Waals surface area (Å²) < 4.78 is 12.6. The Bertz CT molecular complexity index is 874. The summed E-state index contributed by atoms with van der Waals surface area (Å²) in [6.07, 6.45) is 10.1. The molecule has 5 saturated carbocycles. The van der Waals surface area contributed by atoms with Crippen molar-refractivity contribution in [1.82, 2.24) is 0 Å². The first-order chi connectivity index (χ1) is 15.2. The number of hydrogen-bond donors (Lipinski definition) is 0. The number of rotatable bonds is 2. The van der Waals surface area contributed by atoms with Crippen LogP contribution in [0.25, 0.3) is 0 Å². The highest BCUT2D eigenvalue weighted by Gasteiger charge is 2.67. The molecule has 1 heterocycles. The number of ether oxygens (including phenoxy) is 2. The maximum Gasteiger partial charge on any atom is 0.316 e. The maximum atomic E-state index is 12.3. The van der Waals surface area contributed by atoms with E-state index >= 15 is 0 Å². The van der Waals surface area contributed by atoms with E-state index in [1.165, 1.54) is 37.7 Å². The predicted molar refractivity (Wildman–Crippen MR) is 119 cm³/mol. The lowest BCUT2D eigenvalue weighted by Crippen LogP contribution is -2.59. The third-order valence-electron chi connectivity index (χ3n) is 8.77. The molecule has 6 fully saturated rings. The van der Waals surface area contributed by atoms with Crippen molar-refractivity contribution >= 4 is 5.97 Å². The summed E-state index contributed by atoms with van der Waals surface area (Å²) in [6, 6.07) is 7.99. The molecule has 7 rings (SSSR count). The zero-order chi connectivity index (χ0) is 22.1. The molecule has 1 aliphatic heterocycles. The van der Waals surface area contributed by atoms with Crippen LogP contribution in [0.4, 0.5) is 0 Å². The van der Waals surface area contributed by atoms with Crippen LogP contribution in [0.5, 0.6) is 5.75 Å². The molecule has 0 radical (unpaired) electrons. The summed E-state index contributed by atoms with van der Waals surface area (Å²) in [4.78, 5) is 24.7. The molecule has 0 N–H and O–H groups in total. The van der Waals surface area contributed by atoms with Gasteiger partial charge in [0.2, 0.25) is 11.6 Å². The average Bonchev–Trinajstić information content (AvgIpc) is 3.10. The van der Waals surface area contributed by atoms with Crippen LogP contribution in [-0.4, -0.2) is 17.5 Å². The van der Waals surface area contributed by atoms with Crippen LogP contribution in [0.15, 0.2) is 24.3 Å². The van der Waals surface area contributed by atoms with Crippen molar-refractivity contribution in [1.29, 1.82) is 0 Å². The van der Waals surface area contributed by atoms with E-state index in [0.717, 1.165) is 37.5 Å². The van der Waals surface area contributed by atoms with E-state index < -0.39 is 17.0 Å². The molecule has 5 heteroatoms. The van der Waals surface area contributed by atoms with Gasteiger partial charge in [0, 0.05) is 24.7 Å². The quantitative estimate of drug-likeness (QED) is 0.315. The SMILES string of the molecule is CC(C)(C)C(=O)Oc1cccc([C@@H]2CCC[C@]3(C2)OOC2(O3)C3CC4CC(C3)CC2C4)c1. The maximum absolute atomic E-state index is 12.3. The van der Waals surface area contributed by atoms with Crippen LogP contribution in [0.1, 0.15) is 90.0 Å². The lowest BCUT2D eigenvalue weighted by Gasteiger charge is -2.57. The van der Waals surface area contributed by atoms with Gasteiger partial charge in [-0.3, -0.25) is 4.79 Å². The molecule has 32 heavy (non-hydrogen) atoms. The van der Waals surface area contributed by atoms with Crippen LogP contribution in [0.2, 0.25) is 0 Å². The fraction of sp³-hybridized carbons (Fsp3) is 0.741. The van der Waals surface area contributed by atoms with E-state index in [0.29, 0.717) is 23.5 Å². The Hall–Kier alpha value is -1.43. The predicted octanol–water partition coefficient (Wildman–Crippen LogP) is 6.12. The molecule has 1 aromatic rings. The van der Waals surface area contributed by atoms with Gasteiger partial charge in [0.25, 0.3) is 0 Å². The fourth-order valence-corrected chi connectivity index (χ4v) is 7.35. The molecule has 1 aromatic carbocycles. The van der Waals surface area contributed by atoms with Gasteiger partial charge in [0.15, 0.2) is 0 Å². The topological polar surface area (TPSA) is 54.0 Å².